The maximum atomic E-state index is 13.1. The average Bonchev–Trinajstić information content (AvgIpc) is 3.08. The molecule has 0 aliphatic carbocycles. The number of amides is 1. The Morgan fingerprint density at radius 2 is 1.89 bits per heavy atom. The molecule has 2 aromatic rings. The van der Waals surface area contributed by atoms with E-state index in [0.717, 1.165) is 0 Å². The van der Waals surface area contributed by atoms with Gasteiger partial charge in [-0.3, -0.25) is 9.69 Å². The van der Waals surface area contributed by atoms with Crippen molar-refractivity contribution in [1.29, 1.82) is 0 Å². The summed E-state index contributed by atoms with van der Waals surface area (Å²) in [5.41, 5.74) is 0.992. The van der Waals surface area contributed by atoms with Crippen LogP contribution in [0.5, 0.6) is 0 Å². The van der Waals surface area contributed by atoms with Crippen LogP contribution in [-0.2, 0) is 9.53 Å². The Morgan fingerprint density at radius 1 is 1.21 bits per heavy atom. The normalized spacial score (nSPS) is 12.2. The molecule has 0 spiro atoms. The van der Waals surface area contributed by atoms with Gasteiger partial charge in [-0.1, -0.05) is 26.0 Å². The molecule has 1 amide bonds. The second-order valence-electron chi connectivity index (χ2n) is 6.86. The number of hydrogen-bond donors (Lipinski definition) is 2. The maximum absolute atomic E-state index is 13.1. The number of nitrogens with zero attached hydrogens (tertiary/aromatic N) is 1. The number of aliphatic hydroxyl groups excluding tert-OH is 1. The number of anilines is 1. The van der Waals surface area contributed by atoms with E-state index in [1.54, 1.807) is 11.4 Å². The van der Waals surface area contributed by atoms with Crippen molar-refractivity contribution in [2.75, 3.05) is 32.1 Å². The first-order valence-corrected chi connectivity index (χ1v) is 9.79. The minimum absolute atomic E-state index is 0.0485. The van der Waals surface area contributed by atoms with Gasteiger partial charge in [-0.25, -0.2) is 9.18 Å². The van der Waals surface area contributed by atoms with E-state index < -0.39 is 12.1 Å². The third-order valence-electron chi connectivity index (χ3n) is 3.99. The highest BCUT2D eigenvalue weighted by atomic mass is 32.1. The molecule has 28 heavy (non-hydrogen) atoms. The number of thiophene rings is 1. The number of benzene rings is 1. The van der Waals surface area contributed by atoms with Gasteiger partial charge in [0.25, 0.3) is 0 Å². The monoisotopic (exact) mass is 408 g/mol. The Kier molecular flexibility index (Phi) is 8.10. The highest BCUT2D eigenvalue weighted by molar-refractivity contribution is 7.12. The van der Waals surface area contributed by atoms with Crippen molar-refractivity contribution < 1.29 is 23.8 Å². The zero-order valence-corrected chi connectivity index (χ0v) is 17.0. The van der Waals surface area contributed by atoms with Crippen LogP contribution >= 0.6 is 11.3 Å². The van der Waals surface area contributed by atoms with Crippen LogP contribution in [0.4, 0.5) is 10.1 Å². The van der Waals surface area contributed by atoms with Gasteiger partial charge < -0.3 is 15.2 Å². The zero-order valence-electron chi connectivity index (χ0n) is 16.1. The van der Waals surface area contributed by atoms with Crippen molar-refractivity contribution in [3.8, 4) is 0 Å². The molecular weight excluding hydrogens is 383 g/mol. The van der Waals surface area contributed by atoms with Crippen LogP contribution in [0.25, 0.3) is 0 Å². The number of methoxy groups -OCH3 is 1. The number of nitrogens with one attached hydrogen (secondary N) is 1. The SMILES string of the molecule is COC(=O)c1sccc1NC(=O)CN(CC(C)C)CC(O)c1ccc(F)cc1. The molecule has 0 bridgehead atoms. The van der Waals surface area contributed by atoms with E-state index in [4.69, 9.17) is 4.74 Å². The largest absolute Gasteiger partial charge is 0.465 e. The van der Waals surface area contributed by atoms with Gasteiger partial charge in [0, 0.05) is 13.1 Å². The lowest BCUT2D eigenvalue weighted by Crippen LogP contribution is -2.38. The molecule has 1 unspecified atom stereocenters. The van der Waals surface area contributed by atoms with Gasteiger partial charge in [-0.15, -0.1) is 11.3 Å². The third-order valence-corrected chi connectivity index (χ3v) is 4.88. The third kappa shape index (κ3) is 6.40. The molecule has 0 saturated heterocycles. The summed E-state index contributed by atoms with van der Waals surface area (Å²) in [5, 5.41) is 14.9. The fourth-order valence-corrected chi connectivity index (χ4v) is 3.57. The highest BCUT2D eigenvalue weighted by Gasteiger charge is 2.20. The number of ether oxygens (including phenoxy) is 1. The topological polar surface area (TPSA) is 78.9 Å². The van der Waals surface area contributed by atoms with Gasteiger partial charge >= 0.3 is 5.97 Å². The van der Waals surface area contributed by atoms with Crippen molar-refractivity contribution >= 4 is 28.9 Å². The number of rotatable bonds is 9. The lowest BCUT2D eigenvalue weighted by atomic mass is 10.1. The molecule has 8 heteroatoms. The average molecular weight is 408 g/mol. The van der Waals surface area contributed by atoms with Crippen molar-refractivity contribution in [2.24, 2.45) is 5.92 Å². The minimum Gasteiger partial charge on any atom is -0.465 e. The zero-order chi connectivity index (χ0) is 20.7. The molecule has 0 aliphatic rings. The van der Waals surface area contributed by atoms with Gasteiger partial charge in [0.1, 0.15) is 10.7 Å². The molecule has 1 heterocycles. The molecule has 2 rings (SSSR count). The fourth-order valence-electron chi connectivity index (χ4n) is 2.81. The van der Waals surface area contributed by atoms with E-state index in [2.05, 4.69) is 5.32 Å². The standard InChI is InChI=1S/C20H25FN2O4S/c1-13(2)10-23(11-17(24)14-4-6-15(21)7-5-14)12-18(25)22-16-8-9-28-19(16)20(26)27-3/h4-9,13,17,24H,10-12H2,1-3H3,(H,22,25). The van der Waals surface area contributed by atoms with Crippen LogP contribution in [0.15, 0.2) is 35.7 Å². The number of esters is 1. The van der Waals surface area contributed by atoms with E-state index in [9.17, 15) is 19.1 Å². The Morgan fingerprint density at radius 3 is 2.50 bits per heavy atom. The molecule has 1 aromatic heterocycles. The molecule has 0 aliphatic heterocycles. The smallest absolute Gasteiger partial charge is 0.350 e. The van der Waals surface area contributed by atoms with Crippen LogP contribution in [0.1, 0.15) is 35.2 Å². The summed E-state index contributed by atoms with van der Waals surface area (Å²) in [4.78, 5) is 26.4. The van der Waals surface area contributed by atoms with Crippen LogP contribution in [0.3, 0.4) is 0 Å². The summed E-state index contributed by atoms with van der Waals surface area (Å²) in [7, 11) is 1.29. The number of halogens is 1. The first-order valence-electron chi connectivity index (χ1n) is 8.91. The lowest BCUT2D eigenvalue weighted by Gasteiger charge is -2.26. The van der Waals surface area contributed by atoms with Crippen LogP contribution in [0, 0.1) is 11.7 Å². The van der Waals surface area contributed by atoms with Crippen LogP contribution in [0.2, 0.25) is 0 Å². The van der Waals surface area contributed by atoms with E-state index in [-0.39, 0.29) is 30.7 Å². The number of aliphatic hydroxyl groups is 1. The number of carbonyl (C=O) groups is 2. The molecule has 1 aromatic carbocycles. The minimum atomic E-state index is -0.848. The molecule has 0 saturated carbocycles. The van der Waals surface area contributed by atoms with E-state index >= 15 is 0 Å². The lowest BCUT2D eigenvalue weighted by molar-refractivity contribution is -0.117. The van der Waals surface area contributed by atoms with Crippen LogP contribution in [-0.4, -0.2) is 48.6 Å². The maximum Gasteiger partial charge on any atom is 0.350 e. The molecule has 6 nitrogen and oxygen atoms in total. The van der Waals surface area contributed by atoms with Gasteiger partial charge in [-0.2, -0.15) is 0 Å². The molecule has 1 atom stereocenters. The van der Waals surface area contributed by atoms with Crippen molar-refractivity contribution in [3.63, 3.8) is 0 Å². The Balaban J connectivity index is 2.03. The van der Waals surface area contributed by atoms with E-state index in [1.165, 1.54) is 42.7 Å². The summed E-state index contributed by atoms with van der Waals surface area (Å²) in [6.45, 7) is 4.91. The Labute approximate surface area is 167 Å². The Hall–Kier alpha value is -2.29. The second kappa shape index (κ2) is 10.3. The van der Waals surface area contributed by atoms with E-state index in [0.29, 0.717) is 22.7 Å². The van der Waals surface area contributed by atoms with Gasteiger partial charge in [0.15, 0.2) is 0 Å². The fraction of sp³-hybridized carbons (Fsp3) is 0.400. The quantitative estimate of drug-likeness (QED) is 0.623. The van der Waals surface area contributed by atoms with Crippen molar-refractivity contribution in [3.05, 3.63) is 52.0 Å². The second-order valence-corrected chi connectivity index (χ2v) is 7.77. The molecule has 152 valence electrons. The number of carbonyl (C=O) groups excluding carboxylic acids is 2. The van der Waals surface area contributed by atoms with E-state index in [1.807, 2.05) is 18.7 Å². The summed E-state index contributed by atoms with van der Waals surface area (Å²) < 4.78 is 17.8. The summed E-state index contributed by atoms with van der Waals surface area (Å²) in [6, 6.07) is 7.30. The first kappa shape index (κ1) is 22.0. The predicted molar refractivity (Wildman–Crippen MR) is 107 cm³/mol. The van der Waals surface area contributed by atoms with Crippen molar-refractivity contribution in [1.82, 2.24) is 4.90 Å². The molecule has 0 fully saturated rings. The molecule has 2 N–H and O–H groups in total. The number of hydrogen-bond acceptors (Lipinski definition) is 6. The first-order chi connectivity index (χ1) is 13.3. The Bertz CT molecular complexity index is 792. The van der Waals surface area contributed by atoms with Gasteiger partial charge in [0.2, 0.25) is 5.91 Å². The summed E-state index contributed by atoms with van der Waals surface area (Å²) in [5.74, 6) is -0.891. The van der Waals surface area contributed by atoms with Crippen LogP contribution < -0.4 is 5.32 Å². The summed E-state index contributed by atoms with van der Waals surface area (Å²) in [6.07, 6.45) is -0.848. The predicted octanol–water partition coefficient (Wildman–Crippen LogP) is 3.30. The summed E-state index contributed by atoms with van der Waals surface area (Å²) >= 11 is 1.19. The highest BCUT2D eigenvalue weighted by Crippen LogP contribution is 2.23. The molecule has 0 radical (unpaired) electrons. The molecular formula is C20H25FN2O4S. The van der Waals surface area contributed by atoms with Gasteiger partial charge in [0.05, 0.1) is 25.4 Å². The van der Waals surface area contributed by atoms with Gasteiger partial charge in [-0.05, 0) is 35.1 Å². The van der Waals surface area contributed by atoms with Crippen molar-refractivity contribution in [2.45, 2.75) is 20.0 Å².